The van der Waals surface area contributed by atoms with Gasteiger partial charge in [0, 0.05) is 24.3 Å². The van der Waals surface area contributed by atoms with Crippen LogP contribution in [0, 0.1) is 0 Å². The first-order valence-corrected chi connectivity index (χ1v) is 5.48. The molecule has 1 amide bonds. The highest BCUT2D eigenvalue weighted by Gasteiger charge is 2.24. The van der Waals surface area contributed by atoms with E-state index in [1.807, 2.05) is 6.07 Å². The van der Waals surface area contributed by atoms with Gasteiger partial charge in [0.25, 0.3) is 0 Å². The third kappa shape index (κ3) is 2.38. The molecule has 1 aliphatic rings. The van der Waals surface area contributed by atoms with Crippen molar-refractivity contribution in [2.75, 3.05) is 17.2 Å². The van der Waals surface area contributed by atoms with E-state index in [1.165, 1.54) is 4.90 Å². The van der Waals surface area contributed by atoms with Crippen molar-refractivity contribution in [3.05, 3.63) is 23.8 Å². The lowest BCUT2D eigenvalue weighted by atomic mass is 10.0. The number of carbonyl (C=O) groups excluding carboxylic acids is 1. The SMILES string of the molecule is Nc1ccc2c(c1)CCC(=O)N2CCC(=O)O. The molecule has 0 saturated carbocycles. The highest BCUT2D eigenvalue weighted by atomic mass is 16.4. The van der Waals surface area contributed by atoms with E-state index < -0.39 is 5.97 Å². The first kappa shape index (κ1) is 11.4. The molecule has 1 heterocycles. The Hall–Kier alpha value is -2.04. The molecule has 0 fully saturated rings. The summed E-state index contributed by atoms with van der Waals surface area (Å²) >= 11 is 0. The number of carboxylic acids is 1. The number of amides is 1. The van der Waals surface area contributed by atoms with Gasteiger partial charge >= 0.3 is 5.97 Å². The molecule has 0 saturated heterocycles. The van der Waals surface area contributed by atoms with Crippen LogP contribution in [0.1, 0.15) is 18.4 Å². The monoisotopic (exact) mass is 234 g/mol. The number of aryl methyl sites for hydroxylation is 1. The first-order valence-electron chi connectivity index (χ1n) is 5.48. The minimum atomic E-state index is -0.902. The quantitative estimate of drug-likeness (QED) is 0.765. The molecule has 0 aliphatic carbocycles. The van der Waals surface area contributed by atoms with Crippen molar-refractivity contribution in [1.82, 2.24) is 0 Å². The number of hydrogen-bond donors (Lipinski definition) is 2. The summed E-state index contributed by atoms with van der Waals surface area (Å²) in [6, 6.07) is 5.35. The summed E-state index contributed by atoms with van der Waals surface area (Å²) in [6.45, 7) is 0.213. The summed E-state index contributed by atoms with van der Waals surface area (Å²) in [6.07, 6.45) is 1.04. The predicted molar refractivity (Wildman–Crippen MR) is 63.8 cm³/mol. The molecule has 0 radical (unpaired) electrons. The second kappa shape index (κ2) is 4.45. The zero-order valence-corrected chi connectivity index (χ0v) is 9.35. The topological polar surface area (TPSA) is 83.6 Å². The largest absolute Gasteiger partial charge is 0.481 e. The molecule has 90 valence electrons. The summed E-state index contributed by atoms with van der Waals surface area (Å²) in [5.41, 5.74) is 8.15. The van der Waals surface area contributed by atoms with Crippen molar-refractivity contribution < 1.29 is 14.7 Å². The number of hydrogen-bond acceptors (Lipinski definition) is 3. The number of carbonyl (C=O) groups is 2. The van der Waals surface area contributed by atoms with E-state index in [4.69, 9.17) is 10.8 Å². The van der Waals surface area contributed by atoms with Crippen molar-refractivity contribution in [3.8, 4) is 0 Å². The van der Waals surface area contributed by atoms with Crippen molar-refractivity contribution in [2.24, 2.45) is 0 Å². The molecule has 3 N–H and O–H groups in total. The molecular formula is C12H14N2O3. The van der Waals surface area contributed by atoms with Crippen LogP contribution < -0.4 is 10.6 Å². The summed E-state index contributed by atoms with van der Waals surface area (Å²) in [4.78, 5) is 23.8. The summed E-state index contributed by atoms with van der Waals surface area (Å²) in [5.74, 6) is -0.927. The second-order valence-electron chi connectivity index (χ2n) is 4.08. The molecule has 1 aromatic rings. The molecule has 0 atom stereocenters. The summed E-state index contributed by atoms with van der Waals surface area (Å²) < 4.78 is 0. The number of nitrogen functional groups attached to an aromatic ring is 1. The lowest BCUT2D eigenvalue weighted by Crippen LogP contribution is -2.36. The number of nitrogens with two attached hydrogens (primary N) is 1. The molecule has 1 aromatic carbocycles. The zero-order valence-electron chi connectivity index (χ0n) is 9.35. The molecular weight excluding hydrogens is 220 g/mol. The van der Waals surface area contributed by atoms with Gasteiger partial charge in [0.15, 0.2) is 0 Å². The number of carboxylic acid groups (broad SMARTS) is 1. The normalized spacial score (nSPS) is 14.6. The van der Waals surface area contributed by atoms with E-state index in [-0.39, 0.29) is 18.9 Å². The fourth-order valence-electron chi connectivity index (χ4n) is 2.03. The average Bonchev–Trinajstić information content (AvgIpc) is 2.27. The second-order valence-corrected chi connectivity index (χ2v) is 4.08. The Kier molecular flexibility index (Phi) is 2.99. The standard InChI is InChI=1S/C12H14N2O3/c13-9-2-3-10-8(7-9)1-4-11(15)14(10)6-5-12(16)17/h2-3,7H,1,4-6,13H2,(H,16,17). The van der Waals surface area contributed by atoms with E-state index >= 15 is 0 Å². The van der Waals surface area contributed by atoms with Gasteiger partial charge in [-0.25, -0.2) is 0 Å². The fourth-order valence-corrected chi connectivity index (χ4v) is 2.03. The van der Waals surface area contributed by atoms with Gasteiger partial charge in [-0.15, -0.1) is 0 Å². The molecule has 0 unspecified atom stereocenters. The minimum absolute atomic E-state index is 0.0245. The van der Waals surface area contributed by atoms with E-state index in [0.717, 1.165) is 11.3 Å². The van der Waals surface area contributed by atoms with Gasteiger partial charge < -0.3 is 15.7 Å². The third-order valence-corrected chi connectivity index (χ3v) is 2.85. The van der Waals surface area contributed by atoms with Crippen molar-refractivity contribution in [3.63, 3.8) is 0 Å². The summed E-state index contributed by atoms with van der Waals surface area (Å²) in [5, 5.41) is 8.66. The van der Waals surface area contributed by atoms with Crippen LogP contribution in [0.5, 0.6) is 0 Å². The molecule has 2 rings (SSSR count). The number of benzene rings is 1. The Morgan fingerprint density at radius 2 is 2.18 bits per heavy atom. The predicted octanol–water partition coefficient (Wildman–Crippen LogP) is 1.02. The highest BCUT2D eigenvalue weighted by Crippen LogP contribution is 2.29. The van der Waals surface area contributed by atoms with Gasteiger partial charge in [0.1, 0.15) is 0 Å². The maximum Gasteiger partial charge on any atom is 0.305 e. The number of aliphatic carboxylic acids is 1. The van der Waals surface area contributed by atoms with Gasteiger partial charge in [-0.1, -0.05) is 0 Å². The molecule has 0 bridgehead atoms. The maximum atomic E-state index is 11.8. The van der Waals surface area contributed by atoms with Crippen LogP contribution in [0.2, 0.25) is 0 Å². The Bertz CT molecular complexity index is 471. The number of rotatable bonds is 3. The lowest BCUT2D eigenvalue weighted by molar-refractivity contribution is -0.136. The van der Waals surface area contributed by atoms with Crippen molar-refractivity contribution >= 4 is 23.3 Å². The van der Waals surface area contributed by atoms with E-state index in [1.54, 1.807) is 12.1 Å². The van der Waals surface area contributed by atoms with Gasteiger partial charge in [0.2, 0.25) is 5.91 Å². The van der Waals surface area contributed by atoms with Gasteiger partial charge in [-0.3, -0.25) is 9.59 Å². The average molecular weight is 234 g/mol. The fraction of sp³-hybridized carbons (Fsp3) is 0.333. The number of fused-ring (bicyclic) bond motifs is 1. The van der Waals surface area contributed by atoms with Crippen molar-refractivity contribution in [2.45, 2.75) is 19.3 Å². The van der Waals surface area contributed by atoms with E-state index in [9.17, 15) is 9.59 Å². The Balaban J connectivity index is 2.27. The smallest absolute Gasteiger partial charge is 0.305 e. The zero-order chi connectivity index (χ0) is 12.4. The van der Waals surface area contributed by atoms with Gasteiger partial charge in [-0.2, -0.15) is 0 Å². The minimum Gasteiger partial charge on any atom is -0.481 e. The van der Waals surface area contributed by atoms with Crippen LogP contribution in [0.15, 0.2) is 18.2 Å². The van der Waals surface area contributed by atoms with Crippen LogP contribution in [0.3, 0.4) is 0 Å². The van der Waals surface area contributed by atoms with Crippen LogP contribution >= 0.6 is 0 Å². The number of anilines is 2. The Morgan fingerprint density at radius 3 is 2.88 bits per heavy atom. The Labute approximate surface area is 98.8 Å². The molecule has 0 aromatic heterocycles. The van der Waals surface area contributed by atoms with Crippen LogP contribution in [0.25, 0.3) is 0 Å². The molecule has 5 nitrogen and oxygen atoms in total. The highest BCUT2D eigenvalue weighted by molar-refractivity contribution is 5.97. The molecule has 1 aliphatic heterocycles. The van der Waals surface area contributed by atoms with E-state index in [2.05, 4.69) is 0 Å². The number of nitrogens with zero attached hydrogens (tertiary/aromatic N) is 1. The Morgan fingerprint density at radius 1 is 1.41 bits per heavy atom. The van der Waals surface area contributed by atoms with E-state index in [0.29, 0.717) is 18.5 Å². The van der Waals surface area contributed by atoms with Crippen LogP contribution in [-0.4, -0.2) is 23.5 Å². The first-order chi connectivity index (χ1) is 8.08. The van der Waals surface area contributed by atoms with Gasteiger partial charge in [-0.05, 0) is 30.2 Å². The summed E-state index contributed by atoms with van der Waals surface area (Å²) in [7, 11) is 0. The van der Waals surface area contributed by atoms with Crippen LogP contribution in [-0.2, 0) is 16.0 Å². The molecule has 17 heavy (non-hydrogen) atoms. The lowest BCUT2D eigenvalue weighted by Gasteiger charge is -2.29. The molecule has 5 heteroatoms. The maximum absolute atomic E-state index is 11.8. The molecule has 0 spiro atoms. The van der Waals surface area contributed by atoms with Crippen molar-refractivity contribution in [1.29, 1.82) is 0 Å². The third-order valence-electron chi connectivity index (χ3n) is 2.85. The van der Waals surface area contributed by atoms with Crippen LogP contribution in [0.4, 0.5) is 11.4 Å². The van der Waals surface area contributed by atoms with Gasteiger partial charge in [0.05, 0.1) is 6.42 Å².